The maximum Gasteiger partial charge on any atom is 0.200 e. The van der Waals surface area contributed by atoms with E-state index in [1.165, 1.54) is 10.7 Å². The number of halogens is 1. The van der Waals surface area contributed by atoms with Gasteiger partial charge in [0.1, 0.15) is 11.6 Å². The van der Waals surface area contributed by atoms with Crippen LogP contribution in [-0.4, -0.2) is 25.3 Å². The predicted octanol–water partition coefficient (Wildman–Crippen LogP) is 2.39. The lowest BCUT2D eigenvalue weighted by Gasteiger charge is -2.32. The summed E-state index contributed by atoms with van der Waals surface area (Å²) in [5.41, 5.74) is 2.41. The Hall–Kier alpha value is -2.57. The molecule has 2 aromatic heterocycles. The van der Waals surface area contributed by atoms with Gasteiger partial charge >= 0.3 is 0 Å². The summed E-state index contributed by atoms with van der Waals surface area (Å²) >= 11 is 0. The second-order valence-electron chi connectivity index (χ2n) is 5.69. The largest absolute Gasteiger partial charge is 0.361 e. The topological polar surface area (TPSA) is 68.0 Å². The number of benzene rings is 1. The van der Waals surface area contributed by atoms with Gasteiger partial charge in [-0.2, -0.15) is 0 Å². The van der Waals surface area contributed by atoms with Crippen LogP contribution in [0.5, 0.6) is 0 Å². The van der Waals surface area contributed by atoms with Crippen molar-refractivity contribution in [1.29, 1.82) is 0 Å². The standard InChI is InChI=1S/C15H15FN6/c1-9-5-6-10-11(3-2-4-12(10)16)15(9)17-13-7-8-14-18-20-21-22(14)19-13/h2-4,7-9,15H,5-6H2,1H3,(H,17,19)/t9-,15-/m1/s1. The van der Waals surface area contributed by atoms with Gasteiger partial charge in [-0.15, -0.1) is 14.8 Å². The number of aromatic nitrogens is 5. The molecular formula is C15H15FN6. The first-order valence-electron chi connectivity index (χ1n) is 7.31. The number of anilines is 1. The minimum atomic E-state index is -0.125. The maximum atomic E-state index is 14.0. The van der Waals surface area contributed by atoms with Crippen LogP contribution >= 0.6 is 0 Å². The SMILES string of the molecule is C[C@@H]1CCc2c(F)cccc2[C@@H]1Nc1ccc2nnnn2n1. The Morgan fingerprint density at radius 3 is 3.09 bits per heavy atom. The smallest absolute Gasteiger partial charge is 0.200 e. The molecule has 1 aliphatic carbocycles. The van der Waals surface area contributed by atoms with Gasteiger partial charge in [-0.25, -0.2) is 4.39 Å². The summed E-state index contributed by atoms with van der Waals surface area (Å²) in [6, 6.07) is 8.94. The van der Waals surface area contributed by atoms with E-state index in [0.29, 0.717) is 17.4 Å². The molecule has 7 heteroatoms. The van der Waals surface area contributed by atoms with Gasteiger partial charge in [0.25, 0.3) is 0 Å². The molecule has 0 spiro atoms. The molecule has 0 fully saturated rings. The van der Waals surface area contributed by atoms with Crippen LogP contribution in [-0.2, 0) is 6.42 Å². The van der Waals surface area contributed by atoms with Gasteiger partial charge in [-0.1, -0.05) is 19.1 Å². The number of hydrogen-bond donors (Lipinski definition) is 1. The minimum Gasteiger partial charge on any atom is -0.361 e. The molecule has 0 bridgehead atoms. The molecule has 1 N–H and O–H groups in total. The van der Waals surface area contributed by atoms with Crippen LogP contribution in [0.2, 0.25) is 0 Å². The number of nitrogens with one attached hydrogen (secondary N) is 1. The van der Waals surface area contributed by atoms with Gasteiger partial charge in [0.2, 0.25) is 0 Å². The minimum absolute atomic E-state index is 0.0286. The van der Waals surface area contributed by atoms with E-state index in [9.17, 15) is 4.39 Å². The van der Waals surface area contributed by atoms with Gasteiger partial charge in [0.15, 0.2) is 5.65 Å². The van der Waals surface area contributed by atoms with Crippen molar-refractivity contribution >= 4 is 11.5 Å². The van der Waals surface area contributed by atoms with Gasteiger partial charge in [-0.05, 0) is 58.5 Å². The fourth-order valence-electron chi connectivity index (χ4n) is 3.08. The lowest BCUT2D eigenvalue weighted by atomic mass is 9.80. The average molecular weight is 298 g/mol. The Morgan fingerprint density at radius 1 is 1.27 bits per heavy atom. The molecule has 6 nitrogen and oxygen atoms in total. The molecule has 1 aromatic carbocycles. The first-order valence-corrected chi connectivity index (χ1v) is 7.31. The zero-order valence-electron chi connectivity index (χ0n) is 12.1. The number of rotatable bonds is 2. The van der Waals surface area contributed by atoms with Crippen LogP contribution in [0.1, 0.15) is 30.5 Å². The molecule has 2 heterocycles. The fraction of sp³-hybridized carbons (Fsp3) is 0.333. The van der Waals surface area contributed by atoms with E-state index >= 15 is 0 Å². The average Bonchev–Trinajstić information content (AvgIpc) is 2.98. The number of fused-ring (bicyclic) bond motifs is 2. The Bertz CT molecular complexity index is 830. The van der Waals surface area contributed by atoms with Crippen molar-refractivity contribution < 1.29 is 4.39 Å². The van der Waals surface area contributed by atoms with Crippen LogP contribution < -0.4 is 5.32 Å². The van der Waals surface area contributed by atoms with E-state index < -0.39 is 0 Å². The molecule has 112 valence electrons. The highest BCUT2D eigenvalue weighted by Crippen LogP contribution is 2.37. The van der Waals surface area contributed by atoms with Gasteiger partial charge in [0, 0.05) is 0 Å². The van der Waals surface area contributed by atoms with E-state index in [0.717, 1.165) is 24.0 Å². The van der Waals surface area contributed by atoms with Crippen LogP contribution in [0, 0.1) is 11.7 Å². The van der Waals surface area contributed by atoms with Gasteiger partial charge in [0.05, 0.1) is 6.04 Å². The summed E-state index contributed by atoms with van der Waals surface area (Å²) in [5, 5.41) is 18.9. The second-order valence-corrected chi connectivity index (χ2v) is 5.69. The molecule has 1 aliphatic rings. The van der Waals surface area contributed by atoms with E-state index in [4.69, 9.17) is 0 Å². The monoisotopic (exact) mass is 298 g/mol. The Balaban J connectivity index is 1.71. The zero-order chi connectivity index (χ0) is 15.1. The highest BCUT2D eigenvalue weighted by molar-refractivity contribution is 5.46. The maximum absolute atomic E-state index is 14.0. The van der Waals surface area contributed by atoms with Crippen molar-refractivity contribution in [1.82, 2.24) is 25.3 Å². The molecule has 0 amide bonds. The number of tetrazole rings is 1. The fourth-order valence-corrected chi connectivity index (χ4v) is 3.08. The third kappa shape index (κ3) is 2.09. The van der Waals surface area contributed by atoms with Gasteiger partial charge in [-0.3, -0.25) is 0 Å². The Kier molecular flexibility index (Phi) is 2.99. The normalized spacial score (nSPS) is 20.8. The highest BCUT2D eigenvalue weighted by Gasteiger charge is 2.28. The van der Waals surface area contributed by atoms with Gasteiger partial charge < -0.3 is 5.32 Å². The lowest BCUT2D eigenvalue weighted by Crippen LogP contribution is -2.26. The van der Waals surface area contributed by atoms with Crippen molar-refractivity contribution in [3.63, 3.8) is 0 Å². The molecule has 0 saturated carbocycles. The Labute approximate surface area is 126 Å². The van der Waals surface area contributed by atoms with Crippen molar-refractivity contribution in [3.05, 3.63) is 47.3 Å². The third-order valence-corrected chi connectivity index (χ3v) is 4.28. The molecular weight excluding hydrogens is 283 g/mol. The molecule has 4 rings (SSSR count). The molecule has 0 radical (unpaired) electrons. The Morgan fingerprint density at radius 2 is 2.18 bits per heavy atom. The van der Waals surface area contributed by atoms with Crippen molar-refractivity contribution in [2.45, 2.75) is 25.8 Å². The molecule has 3 aromatic rings. The number of hydrogen-bond acceptors (Lipinski definition) is 5. The molecule has 0 saturated heterocycles. The highest BCUT2D eigenvalue weighted by atomic mass is 19.1. The first kappa shape index (κ1) is 13.1. The first-order chi connectivity index (χ1) is 10.7. The zero-order valence-corrected chi connectivity index (χ0v) is 12.1. The summed E-state index contributed by atoms with van der Waals surface area (Å²) in [6.45, 7) is 2.17. The molecule has 2 atom stereocenters. The summed E-state index contributed by atoms with van der Waals surface area (Å²) in [6.07, 6.45) is 1.72. The van der Waals surface area contributed by atoms with E-state index in [-0.39, 0.29) is 11.9 Å². The van der Waals surface area contributed by atoms with Crippen LogP contribution in [0.25, 0.3) is 5.65 Å². The number of nitrogens with zero attached hydrogens (tertiary/aromatic N) is 5. The molecule has 0 aliphatic heterocycles. The van der Waals surface area contributed by atoms with Crippen molar-refractivity contribution in [3.8, 4) is 0 Å². The summed E-state index contributed by atoms with van der Waals surface area (Å²) in [4.78, 5) is 0. The van der Waals surface area contributed by atoms with E-state index in [1.54, 1.807) is 12.1 Å². The van der Waals surface area contributed by atoms with Crippen LogP contribution in [0.4, 0.5) is 10.2 Å². The molecule has 22 heavy (non-hydrogen) atoms. The summed E-state index contributed by atoms with van der Waals surface area (Å²) < 4.78 is 15.4. The predicted molar refractivity (Wildman–Crippen MR) is 78.8 cm³/mol. The van der Waals surface area contributed by atoms with E-state index in [2.05, 4.69) is 32.9 Å². The second kappa shape index (κ2) is 5.01. The summed E-state index contributed by atoms with van der Waals surface area (Å²) in [5.74, 6) is 0.939. The quantitative estimate of drug-likeness (QED) is 0.787. The summed E-state index contributed by atoms with van der Waals surface area (Å²) in [7, 11) is 0. The third-order valence-electron chi connectivity index (χ3n) is 4.28. The van der Waals surface area contributed by atoms with Crippen molar-refractivity contribution in [2.75, 3.05) is 5.32 Å². The van der Waals surface area contributed by atoms with E-state index in [1.807, 2.05) is 12.1 Å². The van der Waals surface area contributed by atoms with Crippen molar-refractivity contribution in [2.24, 2.45) is 5.92 Å². The van der Waals surface area contributed by atoms with Crippen LogP contribution in [0.15, 0.2) is 30.3 Å². The van der Waals surface area contributed by atoms with Crippen LogP contribution in [0.3, 0.4) is 0 Å². The molecule has 0 unspecified atom stereocenters. The lowest BCUT2D eigenvalue weighted by molar-refractivity contribution is 0.422.